The van der Waals surface area contributed by atoms with Crippen LogP contribution >= 0.6 is 0 Å². The maximum absolute atomic E-state index is 13.9. The molecule has 3 aromatic carbocycles. The fourth-order valence-corrected chi connectivity index (χ4v) is 5.87. The number of rotatable bonds is 9. The lowest BCUT2D eigenvalue weighted by Crippen LogP contribution is -2.38. The van der Waals surface area contributed by atoms with Crippen molar-refractivity contribution in [2.75, 3.05) is 26.1 Å². The number of ether oxygens (including phenoxy) is 2. The third-order valence-corrected chi connectivity index (χ3v) is 7.78. The molecule has 0 spiro atoms. The third kappa shape index (κ3) is 6.21. The number of sulfonamides is 1. The summed E-state index contributed by atoms with van der Waals surface area (Å²) in [6.07, 6.45) is 0. The Hall–Kier alpha value is -3.36. The van der Waals surface area contributed by atoms with Gasteiger partial charge in [0.1, 0.15) is 11.5 Å². The average Bonchev–Trinajstić information content (AvgIpc) is 2.79. The molecule has 0 saturated heterocycles. The highest BCUT2D eigenvalue weighted by Gasteiger charge is 2.30. The molecule has 3 rings (SSSR count). The van der Waals surface area contributed by atoms with Crippen LogP contribution in [0.1, 0.15) is 27.8 Å². The number of methoxy groups -OCH3 is 2. The fraction of sp³-hybridized carbons (Fsp3) is 0.296. The van der Waals surface area contributed by atoms with Crippen LogP contribution in [0.4, 0.5) is 5.69 Å². The van der Waals surface area contributed by atoms with Crippen LogP contribution in [-0.2, 0) is 21.4 Å². The number of aryl methyl sites for hydroxylation is 4. The van der Waals surface area contributed by atoms with Gasteiger partial charge in [0.05, 0.1) is 31.3 Å². The predicted octanol–water partition coefficient (Wildman–Crippen LogP) is 4.77. The first-order chi connectivity index (χ1) is 16.5. The molecule has 8 heteroatoms. The lowest BCUT2D eigenvalue weighted by Gasteiger charge is -2.24. The molecule has 3 aromatic rings. The lowest BCUT2D eigenvalue weighted by molar-refractivity contribution is -0.116. The molecule has 0 aliphatic heterocycles. The standard InChI is InChI=1S/C27H32N2O5S/c1-18-7-9-22(10-8-18)16-29(35(31,32)27-20(3)13-19(2)14-21(27)4)17-26(30)28-24-12-11-23(33-5)15-25(24)34-6/h7-15H,16-17H2,1-6H3,(H,28,30). The molecule has 1 N–H and O–H groups in total. The Balaban J connectivity index is 1.96. The SMILES string of the molecule is COc1ccc(NC(=O)CN(Cc2ccc(C)cc2)S(=O)(=O)c2c(C)cc(C)cc2C)c(OC)c1. The Morgan fingerprint density at radius 3 is 2.06 bits per heavy atom. The van der Waals surface area contributed by atoms with E-state index >= 15 is 0 Å². The largest absolute Gasteiger partial charge is 0.497 e. The van der Waals surface area contributed by atoms with Gasteiger partial charge in [0.15, 0.2) is 0 Å². The van der Waals surface area contributed by atoms with E-state index in [1.54, 1.807) is 32.0 Å². The monoisotopic (exact) mass is 496 g/mol. The molecule has 35 heavy (non-hydrogen) atoms. The highest BCUT2D eigenvalue weighted by molar-refractivity contribution is 7.89. The van der Waals surface area contributed by atoms with E-state index < -0.39 is 15.9 Å². The molecular formula is C27H32N2O5S. The number of anilines is 1. The molecule has 0 saturated carbocycles. The van der Waals surface area contributed by atoms with Crippen molar-refractivity contribution >= 4 is 21.6 Å². The number of nitrogens with zero attached hydrogens (tertiary/aromatic N) is 1. The summed E-state index contributed by atoms with van der Waals surface area (Å²) in [6, 6.07) is 16.3. The second kappa shape index (κ2) is 10.9. The number of hydrogen-bond acceptors (Lipinski definition) is 5. The molecule has 0 aromatic heterocycles. The number of nitrogens with one attached hydrogen (secondary N) is 1. The minimum atomic E-state index is -3.98. The van der Waals surface area contributed by atoms with Crippen LogP contribution in [0.15, 0.2) is 59.5 Å². The van der Waals surface area contributed by atoms with Crippen LogP contribution in [0.5, 0.6) is 11.5 Å². The van der Waals surface area contributed by atoms with Gasteiger partial charge in [-0.1, -0.05) is 47.5 Å². The van der Waals surface area contributed by atoms with Crippen molar-refractivity contribution in [1.82, 2.24) is 4.31 Å². The molecule has 0 heterocycles. The predicted molar refractivity (Wildman–Crippen MR) is 138 cm³/mol. The lowest BCUT2D eigenvalue weighted by atomic mass is 10.1. The van der Waals surface area contributed by atoms with Crippen molar-refractivity contribution in [1.29, 1.82) is 0 Å². The highest BCUT2D eigenvalue weighted by Crippen LogP contribution is 2.30. The number of amides is 1. The summed E-state index contributed by atoms with van der Waals surface area (Å²) < 4.78 is 39.5. The van der Waals surface area contributed by atoms with E-state index in [0.29, 0.717) is 28.3 Å². The van der Waals surface area contributed by atoms with Gasteiger partial charge in [-0.15, -0.1) is 0 Å². The van der Waals surface area contributed by atoms with Gasteiger partial charge in [-0.3, -0.25) is 4.79 Å². The molecule has 0 atom stereocenters. The summed E-state index contributed by atoms with van der Waals surface area (Å²) >= 11 is 0. The van der Waals surface area contributed by atoms with Crippen molar-refractivity contribution in [2.45, 2.75) is 39.1 Å². The fourth-order valence-electron chi connectivity index (χ4n) is 4.08. The van der Waals surface area contributed by atoms with Gasteiger partial charge in [0, 0.05) is 12.6 Å². The van der Waals surface area contributed by atoms with E-state index in [0.717, 1.165) is 16.7 Å². The summed E-state index contributed by atoms with van der Waals surface area (Å²) in [5.74, 6) is 0.510. The maximum atomic E-state index is 13.9. The van der Waals surface area contributed by atoms with Crippen LogP contribution < -0.4 is 14.8 Å². The van der Waals surface area contributed by atoms with Crippen LogP contribution in [-0.4, -0.2) is 39.4 Å². The van der Waals surface area contributed by atoms with Crippen LogP contribution in [0.2, 0.25) is 0 Å². The van der Waals surface area contributed by atoms with E-state index in [4.69, 9.17) is 9.47 Å². The molecule has 0 fully saturated rings. The van der Waals surface area contributed by atoms with Crippen molar-refractivity contribution in [3.05, 3.63) is 82.4 Å². The van der Waals surface area contributed by atoms with Gasteiger partial charge >= 0.3 is 0 Å². The summed E-state index contributed by atoms with van der Waals surface area (Å²) in [6.45, 7) is 7.14. The zero-order chi connectivity index (χ0) is 25.8. The van der Waals surface area contributed by atoms with Gasteiger partial charge < -0.3 is 14.8 Å². The van der Waals surface area contributed by atoms with Crippen LogP contribution in [0.3, 0.4) is 0 Å². The highest BCUT2D eigenvalue weighted by atomic mass is 32.2. The van der Waals surface area contributed by atoms with Gasteiger partial charge in [-0.25, -0.2) is 8.42 Å². The smallest absolute Gasteiger partial charge is 0.244 e. The Labute approximate surface area is 207 Å². The quantitative estimate of drug-likeness (QED) is 0.461. The second-order valence-corrected chi connectivity index (χ2v) is 10.5. The minimum absolute atomic E-state index is 0.0581. The van der Waals surface area contributed by atoms with Crippen molar-refractivity contribution in [3.8, 4) is 11.5 Å². The summed E-state index contributed by atoms with van der Waals surface area (Å²) in [4.78, 5) is 13.3. The summed E-state index contributed by atoms with van der Waals surface area (Å²) in [5.41, 5.74) is 4.55. The molecular weight excluding hydrogens is 464 g/mol. The molecule has 0 aliphatic carbocycles. The molecule has 0 radical (unpaired) electrons. The number of benzene rings is 3. The second-order valence-electron chi connectivity index (χ2n) is 8.60. The molecule has 0 unspecified atom stereocenters. The van der Waals surface area contributed by atoms with E-state index in [-0.39, 0.29) is 18.0 Å². The molecule has 0 aliphatic rings. The average molecular weight is 497 g/mol. The van der Waals surface area contributed by atoms with Crippen molar-refractivity contribution in [2.24, 2.45) is 0 Å². The Morgan fingerprint density at radius 2 is 1.49 bits per heavy atom. The molecule has 1 amide bonds. The normalized spacial score (nSPS) is 11.4. The minimum Gasteiger partial charge on any atom is -0.497 e. The van der Waals surface area contributed by atoms with E-state index in [1.165, 1.54) is 18.5 Å². The molecule has 186 valence electrons. The molecule has 7 nitrogen and oxygen atoms in total. The number of carbonyl (C=O) groups is 1. The van der Waals surface area contributed by atoms with Crippen LogP contribution in [0.25, 0.3) is 0 Å². The first-order valence-electron chi connectivity index (χ1n) is 11.2. The van der Waals surface area contributed by atoms with Gasteiger partial charge in [0.2, 0.25) is 15.9 Å². The van der Waals surface area contributed by atoms with E-state index in [2.05, 4.69) is 5.32 Å². The Morgan fingerprint density at radius 1 is 0.857 bits per heavy atom. The van der Waals surface area contributed by atoms with E-state index in [1.807, 2.05) is 50.2 Å². The number of carbonyl (C=O) groups excluding carboxylic acids is 1. The van der Waals surface area contributed by atoms with E-state index in [9.17, 15) is 13.2 Å². The van der Waals surface area contributed by atoms with Gasteiger partial charge in [0.25, 0.3) is 0 Å². The zero-order valence-corrected chi connectivity index (χ0v) is 21.8. The summed E-state index contributed by atoms with van der Waals surface area (Å²) in [5, 5.41) is 2.77. The first-order valence-corrected chi connectivity index (χ1v) is 12.6. The van der Waals surface area contributed by atoms with Gasteiger partial charge in [-0.2, -0.15) is 4.31 Å². The third-order valence-electron chi connectivity index (χ3n) is 5.68. The van der Waals surface area contributed by atoms with Crippen LogP contribution in [0, 0.1) is 27.7 Å². The zero-order valence-electron chi connectivity index (χ0n) is 21.0. The summed E-state index contributed by atoms with van der Waals surface area (Å²) in [7, 11) is -0.955. The number of hydrogen-bond donors (Lipinski definition) is 1. The van der Waals surface area contributed by atoms with Gasteiger partial charge in [-0.05, 0) is 56.5 Å². The van der Waals surface area contributed by atoms with Crippen molar-refractivity contribution < 1.29 is 22.7 Å². The maximum Gasteiger partial charge on any atom is 0.244 e. The topological polar surface area (TPSA) is 84.9 Å². The Kier molecular flexibility index (Phi) is 8.19. The van der Waals surface area contributed by atoms with Crippen molar-refractivity contribution in [3.63, 3.8) is 0 Å². The first kappa shape index (κ1) is 26.2. The Bertz CT molecular complexity index is 1290. The molecule has 0 bridgehead atoms.